The van der Waals surface area contributed by atoms with Crippen molar-refractivity contribution in [1.29, 1.82) is 0 Å². The smallest absolute Gasteiger partial charge is 0.233 e. The zero-order chi connectivity index (χ0) is 12.0. The van der Waals surface area contributed by atoms with Crippen molar-refractivity contribution in [2.75, 3.05) is 0 Å². The number of benzene rings is 1. The molecule has 0 atom stereocenters. The molecule has 0 unspecified atom stereocenters. The topological polar surface area (TPSA) is 16.8 Å². The molecule has 2 heteroatoms. The third-order valence-corrected chi connectivity index (χ3v) is 2.31. The molecular formula is C14H19N2+. The minimum absolute atomic E-state index is 1.01. The van der Waals surface area contributed by atoms with Crippen LogP contribution in [0.2, 0.25) is 0 Å². The number of hydrogen-bond donors (Lipinski definition) is 0. The monoisotopic (exact) mass is 215 g/mol. The van der Waals surface area contributed by atoms with Gasteiger partial charge < -0.3 is 0 Å². The Morgan fingerprint density at radius 2 is 1.75 bits per heavy atom. The van der Waals surface area contributed by atoms with Gasteiger partial charge in [0.05, 0.1) is 18.8 Å². The molecule has 0 N–H and O–H groups in total. The van der Waals surface area contributed by atoms with E-state index >= 15 is 0 Å². The second kappa shape index (κ2) is 6.01. The van der Waals surface area contributed by atoms with Crippen LogP contribution < -0.4 is 4.57 Å². The molecule has 1 aromatic carbocycles. The van der Waals surface area contributed by atoms with Crippen molar-refractivity contribution in [2.45, 2.75) is 20.8 Å². The predicted octanol–water partition coefficient (Wildman–Crippen LogP) is 2.91. The largest absolute Gasteiger partial charge is 0.330 e. The van der Waals surface area contributed by atoms with E-state index in [0.717, 1.165) is 5.82 Å². The summed E-state index contributed by atoms with van der Waals surface area (Å²) in [7, 11) is 2.01. The van der Waals surface area contributed by atoms with Gasteiger partial charge in [-0.25, -0.2) is 4.57 Å². The van der Waals surface area contributed by atoms with Crippen LogP contribution in [0.3, 0.4) is 0 Å². The molecule has 16 heavy (non-hydrogen) atoms. The molecule has 1 heterocycles. The van der Waals surface area contributed by atoms with Crippen LogP contribution in [0.25, 0.3) is 11.4 Å². The zero-order valence-electron chi connectivity index (χ0n) is 10.4. The first kappa shape index (κ1) is 12.4. The molecule has 2 nitrogen and oxygen atoms in total. The van der Waals surface area contributed by atoms with Gasteiger partial charge in [-0.05, 0) is 23.5 Å². The maximum atomic E-state index is 4.37. The highest BCUT2D eigenvalue weighted by molar-refractivity contribution is 5.56. The van der Waals surface area contributed by atoms with E-state index in [4.69, 9.17) is 0 Å². The van der Waals surface area contributed by atoms with Crippen molar-refractivity contribution < 1.29 is 4.57 Å². The van der Waals surface area contributed by atoms with Gasteiger partial charge in [0.15, 0.2) is 0 Å². The van der Waals surface area contributed by atoms with Crippen molar-refractivity contribution in [3.05, 3.63) is 48.3 Å². The van der Waals surface area contributed by atoms with Gasteiger partial charge in [0.25, 0.3) is 0 Å². The summed E-state index contributed by atoms with van der Waals surface area (Å²) in [5, 5.41) is 0. The summed E-state index contributed by atoms with van der Waals surface area (Å²) < 4.78 is 2.03. The molecule has 0 aliphatic heterocycles. The fraction of sp³-hybridized carbons (Fsp3) is 0.286. The SMILES string of the molecule is CC.Cc1ccccc1-c1nccc[n+]1C. The molecule has 0 radical (unpaired) electrons. The quantitative estimate of drug-likeness (QED) is 0.668. The maximum Gasteiger partial charge on any atom is 0.330 e. The van der Waals surface area contributed by atoms with Gasteiger partial charge in [-0.15, -0.1) is 0 Å². The molecule has 0 aliphatic rings. The van der Waals surface area contributed by atoms with Gasteiger partial charge in [0, 0.05) is 6.07 Å². The van der Waals surface area contributed by atoms with Gasteiger partial charge in [0.2, 0.25) is 0 Å². The lowest BCUT2D eigenvalue weighted by molar-refractivity contribution is -0.663. The number of rotatable bonds is 1. The molecule has 0 spiro atoms. The summed E-state index contributed by atoms with van der Waals surface area (Å²) in [6, 6.07) is 10.2. The van der Waals surface area contributed by atoms with E-state index in [2.05, 4.69) is 24.0 Å². The van der Waals surface area contributed by atoms with Crippen molar-refractivity contribution in [3.63, 3.8) is 0 Å². The van der Waals surface area contributed by atoms with E-state index in [1.165, 1.54) is 11.1 Å². The highest BCUT2D eigenvalue weighted by Crippen LogP contribution is 2.16. The lowest BCUT2D eigenvalue weighted by Gasteiger charge is -2.00. The molecule has 0 amide bonds. The summed E-state index contributed by atoms with van der Waals surface area (Å²) in [4.78, 5) is 4.37. The minimum atomic E-state index is 1.01. The highest BCUT2D eigenvalue weighted by atomic mass is 15.0. The second-order valence-electron chi connectivity index (χ2n) is 3.37. The Labute approximate surface area is 97.6 Å². The van der Waals surface area contributed by atoms with Crippen LogP contribution in [-0.2, 0) is 7.05 Å². The number of aryl methyl sites for hydroxylation is 2. The molecule has 1 aromatic heterocycles. The summed E-state index contributed by atoms with van der Waals surface area (Å²) in [5.41, 5.74) is 2.44. The fourth-order valence-corrected chi connectivity index (χ4v) is 1.53. The zero-order valence-corrected chi connectivity index (χ0v) is 10.4. The van der Waals surface area contributed by atoms with E-state index < -0.39 is 0 Å². The van der Waals surface area contributed by atoms with Gasteiger partial charge in [-0.2, -0.15) is 0 Å². The van der Waals surface area contributed by atoms with Crippen LogP contribution in [0, 0.1) is 6.92 Å². The average Bonchev–Trinajstić information content (AvgIpc) is 2.34. The highest BCUT2D eigenvalue weighted by Gasteiger charge is 2.12. The lowest BCUT2D eigenvalue weighted by Crippen LogP contribution is -2.31. The van der Waals surface area contributed by atoms with Crippen molar-refractivity contribution >= 4 is 0 Å². The van der Waals surface area contributed by atoms with Crippen LogP contribution in [0.4, 0.5) is 0 Å². The van der Waals surface area contributed by atoms with Gasteiger partial charge >= 0.3 is 5.82 Å². The third-order valence-electron chi connectivity index (χ3n) is 2.31. The first-order chi connectivity index (χ1) is 7.79. The number of hydrogen-bond acceptors (Lipinski definition) is 1. The van der Waals surface area contributed by atoms with Crippen LogP contribution in [0.5, 0.6) is 0 Å². The van der Waals surface area contributed by atoms with Crippen molar-refractivity contribution in [1.82, 2.24) is 4.98 Å². The van der Waals surface area contributed by atoms with E-state index in [-0.39, 0.29) is 0 Å². The Bertz CT molecular complexity index is 406. The molecule has 84 valence electrons. The summed E-state index contributed by atoms with van der Waals surface area (Å²) in [6.45, 7) is 6.10. The Balaban J connectivity index is 0.000000606. The predicted molar refractivity (Wildman–Crippen MR) is 66.9 cm³/mol. The van der Waals surface area contributed by atoms with Gasteiger partial charge in [-0.3, -0.25) is 0 Å². The third kappa shape index (κ3) is 2.66. The van der Waals surface area contributed by atoms with Gasteiger partial charge in [0.1, 0.15) is 6.20 Å². The molecule has 0 aliphatic carbocycles. The first-order valence-corrected chi connectivity index (χ1v) is 5.65. The Kier molecular flexibility index (Phi) is 4.65. The lowest BCUT2D eigenvalue weighted by atomic mass is 10.1. The van der Waals surface area contributed by atoms with Crippen LogP contribution >= 0.6 is 0 Å². The molecular weight excluding hydrogens is 196 g/mol. The number of nitrogens with zero attached hydrogens (tertiary/aromatic N) is 2. The Hall–Kier alpha value is -1.70. The van der Waals surface area contributed by atoms with Crippen molar-refractivity contribution in [3.8, 4) is 11.4 Å². The van der Waals surface area contributed by atoms with E-state index in [0.29, 0.717) is 0 Å². The minimum Gasteiger partial charge on any atom is -0.233 e. The molecule has 2 rings (SSSR count). The van der Waals surface area contributed by atoms with Crippen LogP contribution in [-0.4, -0.2) is 4.98 Å². The van der Waals surface area contributed by atoms with E-state index in [1.807, 2.05) is 56.1 Å². The summed E-state index contributed by atoms with van der Waals surface area (Å²) in [6.07, 6.45) is 3.83. The normalized spacial score (nSPS) is 9.25. The molecule has 2 aromatic rings. The van der Waals surface area contributed by atoms with Gasteiger partial charge in [-0.1, -0.05) is 32.0 Å². The first-order valence-electron chi connectivity index (χ1n) is 5.65. The summed E-state index contributed by atoms with van der Waals surface area (Å²) >= 11 is 0. The van der Waals surface area contributed by atoms with Crippen LogP contribution in [0.1, 0.15) is 19.4 Å². The molecule has 0 saturated heterocycles. The Morgan fingerprint density at radius 1 is 1.06 bits per heavy atom. The van der Waals surface area contributed by atoms with E-state index in [1.54, 1.807) is 0 Å². The standard InChI is InChI=1S/C12H13N2.C2H6/c1-10-6-3-4-7-11(10)12-13-8-5-9-14(12)2;1-2/h3-9H,1-2H3;1-2H3/q+1;. The number of aromatic nitrogens is 2. The maximum absolute atomic E-state index is 4.37. The average molecular weight is 215 g/mol. The van der Waals surface area contributed by atoms with Crippen LogP contribution in [0.15, 0.2) is 42.7 Å². The molecule has 0 fully saturated rings. The fourth-order valence-electron chi connectivity index (χ4n) is 1.53. The van der Waals surface area contributed by atoms with E-state index in [9.17, 15) is 0 Å². The summed E-state index contributed by atoms with van der Waals surface area (Å²) in [5.74, 6) is 1.01. The molecule has 0 saturated carbocycles. The molecule has 0 bridgehead atoms. The second-order valence-corrected chi connectivity index (χ2v) is 3.37. The van der Waals surface area contributed by atoms with Crippen molar-refractivity contribution in [2.24, 2.45) is 7.05 Å². The Morgan fingerprint density at radius 3 is 2.38 bits per heavy atom.